The van der Waals surface area contributed by atoms with Crippen LogP contribution in [-0.2, 0) is 4.74 Å². The van der Waals surface area contributed by atoms with Crippen LogP contribution in [0.25, 0.3) is 0 Å². The first-order valence-electron chi connectivity index (χ1n) is 10.2. The summed E-state index contributed by atoms with van der Waals surface area (Å²) in [5, 5.41) is 0. The van der Waals surface area contributed by atoms with Crippen LogP contribution in [-0.4, -0.2) is 46.1 Å². The Bertz CT molecular complexity index is 1050. The first kappa shape index (κ1) is 31.5. The fourth-order valence-corrected chi connectivity index (χ4v) is 5.61. The van der Waals surface area contributed by atoms with Crippen molar-refractivity contribution in [3.05, 3.63) is 46.6 Å². The second-order valence-corrected chi connectivity index (χ2v) is 10.8. The molecule has 6 unspecified atom stereocenters. The smallest absolute Gasteiger partial charge is 0.294 e. The summed E-state index contributed by atoms with van der Waals surface area (Å²) in [5.74, 6) is -6.99. The molecular weight excluding hydrogens is 654 g/mol. The van der Waals surface area contributed by atoms with Crippen LogP contribution < -0.4 is 0 Å². The summed E-state index contributed by atoms with van der Waals surface area (Å²) in [7, 11) is 0. The molecule has 0 fully saturated rings. The number of hydrogen-bond acceptors (Lipinski definition) is 1. The van der Waals surface area contributed by atoms with Gasteiger partial charge in [0.1, 0.15) is 13.3 Å². The Labute approximate surface area is 223 Å². The van der Waals surface area contributed by atoms with Gasteiger partial charge >= 0.3 is 12.4 Å². The molecule has 0 aromatic rings. The molecule has 0 aliphatic heterocycles. The van der Waals surface area contributed by atoms with Gasteiger partial charge in [0, 0.05) is 23.0 Å². The molecule has 2 aliphatic carbocycles. The Balaban J connectivity index is 2.85. The number of ether oxygens (including phenoxy) is 1. The molecular formula is C24H18Br2F10O. The van der Waals surface area contributed by atoms with Crippen LogP contribution in [0.2, 0.25) is 0 Å². The predicted octanol–water partition coefficient (Wildman–Crippen LogP) is 7.94. The van der Waals surface area contributed by atoms with E-state index in [0.29, 0.717) is 0 Å². The van der Waals surface area contributed by atoms with Crippen LogP contribution in [0.3, 0.4) is 0 Å². The van der Waals surface area contributed by atoms with Gasteiger partial charge in [-0.1, -0.05) is 55.9 Å². The van der Waals surface area contributed by atoms with Crippen molar-refractivity contribution >= 4 is 31.9 Å². The second-order valence-electron chi connectivity index (χ2n) is 8.31. The van der Waals surface area contributed by atoms with Crippen molar-refractivity contribution in [2.75, 3.05) is 13.3 Å². The Morgan fingerprint density at radius 3 is 1.27 bits per heavy atom. The fraction of sp³-hybridized carbons (Fsp3) is 0.500. The van der Waals surface area contributed by atoms with Crippen LogP contribution >= 0.6 is 31.9 Å². The number of halogens is 12. The zero-order valence-corrected chi connectivity index (χ0v) is 22.1. The van der Waals surface area contributed by atoms with Crippen LogP contribution in [0.4, 0.5) is 43.9 Å². The van der Waals surface area contributed by atoms with Gasteiger partial charge in [0.15, 0.2) is 8.65 Å². The van der Waals surface area contributed by atoms with E-state index in [4.69, 9.17) is 17.6 Å². The van der Waals surface area contributed by atoms with Gasteiger partial charge in [-0.25, -0.2) is 17.6 Å². The third-order valence-electron chi connectivity index (χ3n) is 6.07. The molecule has 37 heavy (non-hydrogen) atoms. The maximum Gasteiger partial charge on any atom is 0.411 e. The molecule has 0 spiro atoms. The summed E-state index contributed by atoms with van der Waals surface area (Å²) >= 11 is 4.82. The molecule has 0 aromatic heterocycles. The zero-order chi connectivity index (χ0) is 28.8. The van der Waals surface area contributed by atoms with Crippen molar-refractivity contribution in [3.63, 3.8) is 0 Å². The minimum absolute atomic E-state index is 0.0337. The molecule has 0 radical (unpaired) electrons. The van der Waals surface area contributed by atoms with Crippen LogP contribution in [0.1, 0.15) is 13.8 Å². The first-order valence-corrected chi connectivity index (χ1v) is 11.8. The van der Waals surface area contributed by atoms with E-state index < -0.39 is 80.2 Å². The number of hydrogen-bond donors (Lipinski definition) is 0. The Morgan fingerprint density at radius 2 is 1.05 bits per heavy atom. The van der Waals surface area contributed by atoms with E-state index in [1.807, 2.05) is 11.8 Å². The third-order valence-corrected chi connectivity index (χ3v) is 8.35. The summed E-state index contributed by atoms with van der Waals surface area (Å²) in [6.45, 7) is -1.92. The average Bonchev–Trinajstić information content (AvgIpc) is 2.79. The van der Waals surface area contributed by atoms with Gasteiger partial charge in [-0.3, -0.25) is 4.74 Å². The van der Waals surface area contributed by atoms with Crippen LogP contribution in [0.5, 0.6) is 0 Å². The number of rotatable bonds is 6. The van der Waals surface area contributed by atoms with E-state index in [1.165, 1.54) is 0 Å². The minimum Gasteiger partial charge on any atom is -0.294 e. The maximum atomic E-state index is 16.1. The van der Waals surface area contributed by atoms with Crippen molar-refractivity contribution in [2.45, 2.75) is 46.6 Å². The SMILES string of the molecule is C#CC(C)C1=C(CF)C(F)(OC2(F)C=CC(Br)(C(F)(F)F)C(C(C)C#C)=C2CF)C=CC1(Br)C(F)(F)F. The van der Waals surface area contributed by atoms with Crippen molar-refractivity contribution in [1.82, 2.24) is 0 Å². The lowest BCUT2D eigenvalue weighted by Gasteiger charge is -2.44. The molecule has 13 heteroatoms. The van der Waals surface area contributed by atoms with Gasteiger partial charge in [-0.05, 0) is 37.1 Å². The molecule has 2 rings (SSSR count). The van der Waals surface area contributed by atoms with Gasteiger partial charge in [-0.2, -0.15) is 26.3 Å². The topological polar surface area (TPSA) is 9.23 Å². The van der Waals surface area contributed by atoms with Gasteiger partial charge in [0.2, 0.25) is 0 Å². The molecule has 0 aromatic carbocycles. The van der Waals surface area contributed by atoms with Crippen molar-refractivity contribution in [2.24, 2.45) is 11.8 Å². The number of alkyl halides is 12. The lowest BCUT2D eigenvalue weighted by molar-refractivity contribution is -0.202. The van der Waals surface area contributed by atoms with Crippen molar-refractivity contribution in [1.29, 1.82) is 0 Å². The molecule has 0 amide bonds. The highest BCUT2D eigenvalue weighted by atomic mass is 79.9. The summed E-state index contributed by atoms with van der Waals surface area (Å²) in [6, 6.07) is 0. The summed E-state index contributed by atoms with van der Waals surface area (Å²) in [5.41, 5.74) is -4.94. The second kappa shape index (κ2) is 10.1. The quantitative estimate of drug-likeness (QED) is 0.121. The zero-order valence-electron chi connectivity index (χ0n) is 19.0. The molecule has 0 bridgehead atoms. The molecule has 0 saturated heterocycles. The highest BCUT2D eigenvalue weighted by Gasteiger charge is 2.63. The van der Waals surface area contributed by atoms with Gasteiger partial charge in [0.25, 0.3) is 11.7 Å². The predicted molar refractivity (Wildman–Crippen MR) is 124 cm³/mol. The standard InChI is InChI=1S/C24H18Br2F10O/c1-5-13(3)17-15(11-27)21(29,9-7-19(17,25)23(31,32)33)37-22(30)10-8-20(26,24(34,35)36)18(14(4)6-2)16(22)12-28/h1-2,7-10,13-14H,11-12H2,3-4H3. The van der Waals surface area contributed by atoms with E-state index in [1.54, 1.807) is 0 Å². The molecule has 6 atom stereocenters. The van der Waals surface area contributed by atoms with Crippen LogP contribution in [0.15, 0.2) is 46.6 Å². The fourth-order valence-electron chi connectivity index (χ4n) is 4.18. The van der Waals surface area contributed by atoms with Gasteiger partial charge in [-0.15, -0.1) is 12.8 Å². The van der Waals surface area contributed by atoms with Crippen molar-refractivity contribution < 1.29 is 48.6 Å². The number of terminal acetylenes is 2. The molecule has 204 valence electrons. The van der Waals surface area contributed by atoms with E-state index in [9.17, 15) is 35.1 Å². The summed E-state index contributed by atoms with van der Waals surface area (Å²) in [4.78, 5) is 0. The highest BCUT2D eigenvalue weighted by Crippen LogP contribution is 2.57. The molecule has 2 aliphatic rings. The molecule has 0 heterocycles. The maximum absolute atomic E-state index is 16.1. The number of allylic oxidation sites excluding steroid dienone is 4. The monoisotopic (exact) mass is 670 g/mol. The molecule has 1 nitrogen and oxygen atoms in total. The van der Waals surface area contributed by atoms with E-state index >= 15 is 8.78 Å². The highest BCUT2D eigenvalue weighted by molar-refractivity contribution is 9.10. The Hall–Kier alpha value is -1.70. The van der Waals surface area contributed by atoms with Crippen LogP contribution in [0, 0.1) is 36.5 Å². The average molecular weight is 672 g/mol. The normalized spacial score (nSPS) is 34.3. The minimum atomic E-state index is -5.19. The lowest BCUT2D eigenvalue weighted by Crippen LogP contribution is -2.52. The van der Waals surface area contributed by atoms with Gasteiger partial charge in [0.05, 0.1) is 0 Å². The third kappa shape index (κ3) is 5.04. The summed E-state index contributed by atoms with van der Waals surface area (Å²) < 4.78 is 142. The first-order chi connectivity index (χ1) is 16.7. The molecule has 0 N–H and O–H groups in total. The lowest BCUT2D eigenvalue weighted by atomic mass is 9.77. The summed E-state index contributed by atoms with van der Waals surface area (Å²) in [6.07, 6.45) is 0.440. The van der Waals surface area contributed by atoms with Gasteiger partial charge < -0.3 is 0 Å². The molecule has 0 saturated carbocycles. The Morgan fingerprint density at radius 1 is 0.757 bits per heavy atom. The van der Waals surface area contributed by atoms with E-state index in [0.717, 1.165) is 13.8 Å². The van der Waals surface area contributed by atoms with Crippen molar-refractivity contribution in [3.8, 4) is 24.7 Å². The van der Waals surface area contributed by atoms with E-state index in [-0.39, 0.29) is 24.3 Å². The van der Waals surface area contributed by atoms with E-state index in [2.05, 4.69) is 31.9 Å². The Kier molecular flexibility index (Phi) is 8.62. The largest absolute Gasteiger partial charge is 0.411 e.